The van der Waals surface area contributed by atoms with Gasteiger partial charge >= 0.3 is 12.1 Å². The lowest BCUT2D eigenvalue weighted by molar-refractivity contribution is -0.302. The van der Waals surface area contributed by atoms with E-state index in [9.17, 15) is 14.4 Å². The van der Waals surface area contributed by atoms with Crippen LogP contribution in [0.5, 0.6) is 0 Å². The lowest BCUT2D eigenvalue weighted by Gasteiger charge is -2.30. The molecule has 1 aliphatic heterocycles. The van der Waals surface area contributed by atoms with Crippen molar-refractivity contribution >= 4 is 46.7 Å². The second-order valence-electron chi connectivity index (χ2n) is 14.5. The monoisotopic (exact) mass is 834 g/mol. The van der Waals surface area contributed by atoms with E-state index in [-0.39, 0.29) is 30.6 Å². The molecule has 3 atom stereocenters. The molecule has 0 radical (unpaired) electrons. The van der Waals surface area contributed by atoms with E-state index in [0.29, 0.717) is 64.3 Å². The average Bonchev–Trinajstić information content (AvgIpc) is 3.92. The van der Waals surface area contributed by atoms with Gasteiger partial charge in [-0.1, -0.05) is 74.5 Å². The van der Waals surface area contributed by atoms with Crippen molar-refractivity contribution in [2.24, 2.45) is 0 Å². The quantitative estimate of drug-likeness (QED) is 0.119. The number of urea groups is 1. The maximum atomic E-state index is 14.2. The number of hydrogen-bond acceptors (Lipinski definition) is 12. The Morgan fingerprint density at radius 1 is 0.897 bits per heavy atom. The molecule has 2 aromatic carbocycles. The first kappa shape index (κ1) is 45.8. The minimum Gasteiger partial charge on any atom is -0.550 e. The number of carboxylic acid groups (broad SMARTS) is 1. The van der Waals surface area contributed by atoms with Gasteiger partial charge in [-0.05, 0) is 50.2 Å². The molecule has 0 aliphatic carbocycles. The number of carbonyl (C=O) groups excluding carboxylic acids is 4. The number of rotatable bonds is 19. The highest BCUT2D eigenvalue weighted by Crippen LogP contribution is 2.20. The van der Waals surface area contributed by atoms with Crippen LogP contribution in [0, 0.1) is 0 Å². The molecule has 1 saturated heterocycles. The maximum Gasteiger partial charge on any atom is 0.407 e. The highest BCUT2D eigenvalue weighted by Gasteiger charge is 2.27. The molecular weight excluding hydrogens is 779 g/mol. The Hall–Kier alpha value is -4.90. The predicted molar refractivity (Wildman–Crippen MR) is 223 cm³/mol. The number of carbonyl (C=O) groups is 4. The minimum atomic E-state index is -1.08. The van der Waals surface area contributed by atoms with Crippen LogP contribution in [-0.2, 0) is 45.1 Å². The Kier molecular flexibility index (Phi) is 19.6. The second kappa shape index (κ2) is 24.8. The third kappa shape index (κ3) is 17.3. The van der Waals surface area contributed by atoms with Gasteiger partial charge in [0.2, 0.25) is 5.91 Å². The van der Waals surface area contributed by atoms with E-state index in [0.717, 1.165) is 46.7 Å². The van der Waals surface area contributed by atoms with E-state index in [1.54, 1.807) is 35.0 Å². The number of morpholine rings is 1. The summed E-state index contributed by atoms with van der Waals surface area (Å²) in [5.41, 5.74) is 4.70. The van der Waals surface area contributed by atoms with Gasteiger partial charge in [-0.2, -0.15) is 0 Å². The second-order valence-corrected chi connectivity index (χ2v) is 16.3. The molecule has 0 bridgehead atoms. The lowest BCUT2D eigenvalue weighted by Crippen LogP contribution is -2.54. The van der Waals surface area contributed by atoms with Gasteiger partial charge in [-0.25, -0.2) is 14.6 Å². The Morgan fingerprint density at radius 3 is 2.05 bits per heavy atom. The first-order valence-electron chi connectivity index (χ1n) is 19.6. The molecule has 1 aliphatic rings. The van der Waals surface area contributed by atoms with E-state index < -0.39 is 18.1 Å². The molecular formula is C42H56N7O7S2-. The van der Waals surface area contributed by atoms with Gasteiger partial charge in [0.25, 0.3) is 0 Å². The zero-order valence-electron chi connectivity index (χ0n) is 33.8. The molecule has 3 heterocycles. The Bertz CT molecular complexity index is 1800. The fourth-order valence-corrected chi connectivity index (χ4v) is 7.58. The first-order chi connectivity index (χ1) is 27.9. The fraction of sp³-hybridized carbons (Fsp3) is 0.476. The number of alkyl carbamates (subject to hydrolysis) is 1. The van der Waals surface area contributed by atoms with Crippen molar-refractivity contribution in [2.75, 3.05) is 39.9 Å². The molecule has 3 N–H and O–H groups in total. The number of aromatic nitrogens is 2. The van der Waals surface area contributed by atoms with Crippen molar-refractivity contribution in [1.82, 2.24) is 35.7 Å². The number of carboxylic acids is 1. The Morgan fingerprint density at radius 2 is 1.50 bits per heavy atom. The van der Waals surface area contributed by atoms with E-state index in [1.807, 2.05) is 66.0 Å². The Labute approximate surface area is 349 Å². The van der Waals surface area contributed by atoms with Crippen molar-refractivity contribution < 1.29 is 33.8 Å². The summed E-state index contributed by atoms with van der Waals surface area (Å²) in [6.07, 6.45) is 4.00. The standard InChI is InChI=1S/C40H53N7O5S2.C2H4O2/c1-29(2)38-43-34(27-53-38)25-46(3)39(49)45-36(16-17-47-18-20-51-21-19-47)37(48)42-32(22-30-10-6-4-7-11-30)14-15-33(23-31-12-8-5-9-13-31)44-40(50)52-26-35-24-41-28-54-35;1-2(3)4/h4-13,24,27-29,32-33,36H,14-23,25-26H2,1-3H3,(H,42,48)(H,44,50)(H,45,49);1H3,(H,3,4)/p-1/t32-,33-,36+;/m1./s1. The molecule has 2 aromatic heterocycles. The van der Waals surface area contributed by atoms with Crippen LogP contribution in [0.25, 0.3) is 0 Å². The lowest BCUT2D eigenvalue weighted by atomic mass is 9.95. The number of thiazole rings is 2. The maximum absolute atomic E-state index is 14.2. The molecule has 0 unspecified atom stereocenters. The predicted octanol–water partition coefficient (Wildman–Crippen LogP) is 4.76. The topological polar surface area (TPSA) is 178 Å². The largest absolute Gasteiger partial charge is 0.550 e. The number of nitrogens with one attached hydrogen (secondary N) is 3. The van der Waals surface area contributed by atoms with Gasteiger partial charge in [0.05, 0.1) is 40.8 Å². The zero-order valence-corrected chi connectivity index (χ0v) is 35.4. The fourth-order valence-electron chi connectivity index (χ4n) is 6.25. The van der Waals surface area contributed by atoms with Crippen molar-refractivity contribution in [1.29, 1.82) is 0 Å². The van der Waals surface area contributed by atoms with Crippen LogP contribution in [-0.4, -0.2) is 102 Å². The SMILES string of the molecule is CC(=O)[O-].CC(C)c1nc(CN(C)C(=O)N[C@@H](CCN2CCOCC2)C(=O)N[C@H](CC[C@H](Cc2ccccc2)NC(=O)OCc2cncs2)Cc2ccccc2)cs1. The molecule has 16 heteroatoms. The molecule has 58 heavy (non-hydrogen) atoms. The highest BCUT2D eigenvalue weighted by atomic mass is 32.1. The Balaban J connectivity index is 0.00000178. The van der Waals surface area contributed by atoms with Crippen LogP contribution in [0.4, 0.5) is 9.59 Å². The van der Waals surface area contributed by atoms with Gasteiger partial charge in [0.15, 0.2) is 0 Å². The molecule has 5 rings (SSSR count). The summed E-state index contributed by atoms with van der Waals surface area (Å²) in [4.78, 5) is 63.1. The van der Waals surface area contributed by atoms with E-state index in [1.165, 1.54) is 11.3 Å². The van der Waals surface area contributed by atoms with Crippen molar-refractivity contribution in [2.45, 2.75) is 90.1 Å². The number of hydrogen-bond donors (Lipinski definition) is 3. The van der Waals surface area contributed by atoms with Crippen LogP contribution < -0.4 is 21.1 Å². The van der Waals surface area contributed by atoms with Crippen LogP contribution >= 0.6 is 22.7 Å². The molecule has 0 saturated carbocycles. The zero-order chi connectivity index (χ0) is 41.7. The molecule has 14 nitrogen and oxygen atoms in total. The summed E-state index contributed by atoms with van der Waals surface area (Å²) >= 11 is 3.02. The summed E-state index contributed by atoms with van der Waals surface area (Å²) in [5.74, 6) is -1.01. The first-order valence-corrected chi connectivity index (χ1v) is 21.3. The van der Waals surface area contributed by atoms with Gasteiger partial charge in [0, 0.05) is 62.2 Å². The normalized spacial score (nSPS) is 14.3. The number of aliphatic carboxylic acids is 1. The van der Waals surface area contributed by atoms with Crippen LogP contribution in [0.1, 0.15) is 72.7 Å². The third-order valence-corrected chi connectivity index (χ3v) is 11.2. The van der Waals surface area contributed by atoms with Gasteiger partial charge < -0.3 is 40.2 Å². The van der Waals surface area contributed by atoms with Gasteiger partial charge in [0.1, 0.15) is 12.6 Å². The summed E-state index contributed by atoms with van der Waals surface area (Å²) in [7, 11) is 1.72. The van der Waals surface area contributed by atoms with Gasteiger partial charge in [-0.15, -0.1) is 22.7 Å². The number of nitrogens with zero attached hydrogens (tertiary/aromatic N) is 4. The molecule has 314 valence electrons. The molecule has 4 amide bonds. The summed E-state index contributed by atoms with van der Waals surface area (Å²) in [6.45, 7) is 9.16. The van der Waals surface area contributed by atoms with Crippen LogP contribution in [0.3, 0.4) is 0 Å². The molecule has 4 aromatic rings. The number of amides is 4. The molecule has 1 fully saturated rings. The van der Waals surface area contributed by atoms with E-state index in [4.69, 9.17) is 19.4 Å². The van der Waals surface area contributed by atoms with E-state index >= 15 is 0 Å². The van der Waals surface area contributed by atoms with Crippen LogP contribution in [0.15, 0.2) is 77.8 Å². The smallest absolute Gasteiger partial charge is 0.407 e. The minimum absolute atomic E-state index is 0.150. The van der Waals surface area contributed by atoms with Crippen molar-refractivity contribution in [3.8, 4) is 0 Å². The summed E-state index contributed by atoms with van der Waals surface area (Å²) in [6, 6.07) is 18.4. The van der Waals surface area contributed by atoms with Gasteiger partial charge in [-0.3, -0.25) is 14.7 Å². The third-order valence-electron chi connectivity index (χ3n) is 9.27. The van der Waals surface area contributed by atoms with Crippen molar-refractivity contribution in [3.63, 3.8) is 0 Å². The van der Waals surface area contributed by atoms with E-state index in [2.05, 4.69) is 44.7 Å². The average molecular weight is 835 g/mol. The summed E-state index contributed by atoms with van der Waals surface area (Å²) in [5, 5.41) is 21.3. The number of ether oxygens (including phenoxy) is 2. The summed E-state index contributed by atoms with van der Waals surface area (Å²) < 4.78 is 11.1. The van der Waals surface area contributed by atoms with Crippen molar-refractivity contribution in [3.05, 3.63) is 104 Å². The highest BCUT2D eigenvalue weighted by molar-refractivity contribution is 7.09. The number of benzene rings is 2. The van der Waals surface area contributed by atoms with Crippen LogP contribution in [0.2, 0.25) is 0 Å². The molecule has 0 spiro atoms.